The van der Waals surface area contributed by atoms with Crippen LogP contribution in [0.1, 0.15) is 33.6 Å². The van der Waals surface area contributed by atoms with E-state index in [0.717, 1.165) is 26.3 Å². The first-order chi connectivity index (χ1) is 6.62. The van der Waals surface area contributed by atoms with Crippen LogP contribution >= 0.6 is 11.8 Å². The van der Waals surface area contributed by atoms with Crippen molar-refractivity contribution in [1.29, 1.82) is 0 Å². The van der Waals surface area contributed by atoms with Crippen LogP contribution in [0.2, 0.25) is 0 Å². The van der Waals surface area contributed by atoms with Gasteiger partial charge in [-0.15, -0.1) is 0 Å². The topological polar surface area (TPSA) is 21.3 Å². The summed E-state index contributed by atoms with van der Waals surface area (Å²) in [6, 6.07) is 0. The minimum absolute atomic E-state index is 0.337. The number of hydrogen-bond donors (Lipinski definition) is 1. The third kappa shape index (κ3) is 8.85. The van der Waals surface area contributed by atoms with E-state index in [-0.39, 0.29) is 0 Å². The Morgan fingerprint density at radius 1 is 1.29 bits per heavy atom. The standard InChI is InChI=1S/C11H25NOS/c1-5-6-8-13-9-7-12-10-11(2,3)14-4/h12H,5-10H2,1-4H3. The molecule has 0 spiro atoms. The fourth-order valence-electron chi connectivity index (χ4n) is 0.954. The molecule has 0 heterocycles. The molecule has 0 atom stereocenters. The summed E-state index contributed by atoms with van der Waals surface area (Å²) in [5, 5.41) is 3.41. The summed E-state index contributed by atoms with van der Waals surface area (Å²) in [7, 11) is 0. The number of thioether (sulfide) groups is 1. The average molecular weight is 219 g/mol. The summed E-state index contributed by atoms with van der Waals surface area (Å²) in [5.41, 5.74) is 0. The van der Waals surface area contributed by atoms with Crippen molar-refractivity contribution in [3.63, 3.8) is 0 Å². The van der Waals surface area contributed by atoms with Crippen molar-refractivity contribution in [3.05, 3.63) is 0 Å². The molecule has 0 amide bonds. The molecule has 0 aromatic rings. The van der Waals surface area contributed by atoms with Crippen molar-refractivity contribution in [2.45, 2.75) is 38.4 Å². The van der Waals surface area contributed by atoms with Gasteiger partial charge in [-0.05, 0) is 26.5 Å². The van der Waals surface area contributed by atoms with Crippen molar-refractivity contribution in [2.75, 3.05) is 32.6 Å². The zero-order chi connectivity index (χ0) is 10.9. The van der Waals surface area contributed by atoms with E-state index in [0.29, 0.717) is 4.75 Å². The molecule has 0 bridgehead atoms. The van der Waals surface area contributed by atoms with Gasteiger partial charge < -0.3 is 10.1 Å². The molecule has 3 heteroatoms. The van der Waals surface area contributed by atoms with E-state index in [4.69, 9.17) is 4.74 Å². The first-order valence-corrected chi connectivity index (χ1v) is 6.68. The summed E-state index contributed by atoms with van der Waals surface area (Å²) >= 11 is 1.90. The lowest BCUT2D eigenvalue weighted by molar-refractivity contribution is 0.133. The van der Waals surface area contributed by atoms with Crippen LogP contribution in [-0.2, 0) is 4.74 Å². The maximum atomic E-state index is 5.45. The van der Waals surface area contributed by atoms with E-state index < -0.39 is 0 Å². The van der Waals surface area contributed by atoms with Gasteiger partial charge in [0.05, 0.1) is 6.61 Å². The van der Waals surface area contributed by atoms with E-state index in [1.807, 2.05) is 11.8 Å². The zero-order valence-electron chi connectivity index (χ0n) is 10.1. The highest BCUT2D eigenvalue weighted by Crippen LogP contribution is 2.19. The third-order valence-electron chi connectivity index (χ3n) is 2.17. The van der Waals surface area contributed by atoms with Crippen LogP contribution in [0.5, 0.6) is 0 Å². The van der Waals surface area contributed by atoms with E-state index in [1.54, 1.807) is 0 Å². The predicted molar refractivity (Wildman–Crippen MR) is 66.2 cm³/mol. The number of nitrogens with one attached hydrogen (secondary N) is 1. The molecule has 0 aliphatic heterocycles. The van der Waals surface area contributed by atoms with Crippen LogP contribution in [0.15, 0.2) is 0 Å². The predicted octanol–water partition coefficient (Wildman–Crippen LogP) is 2.53. The summed E-state index contributed by atoms with van der Waals surface area (Å²) in [6.07, 6.45) is 4.54. The monoisotopic (exact) mass is 219 g/mol. The molecule has 0 fully saturated rings. The molecular formula is C11H25NOS. The molecule has 86 valence electrons. The normalized spacial score (nSPS) is 12.0. The van der Waals surface area contributed by atoms with Gasteiger partial charge in [0.1, 0.15) is 0 Å². The Morgan fingerprint density at radius 3 is 2.57 bits per heavy atom. The Hall–Kier alpha value is 0.270. The van der Waals surface area contributed by atoms with Crippen molar-refractivity contribution in [2.24, 2.45) is 0 Å². The van der Waals surface area contributed by atoms with Crippen LogP contribution < -0.4 is 5.32 Å². The fraction of sp³-hybridized carbons (Fsp3) is 1.00. The maximum absolute atomic E-state index is 5.45. The molecule has 0 unspecified atom stereocenters. The maximum Gasteiger partial charge on any atom is 0.0590 e. The van der Waals surface area contributed by atoms with Gasteiger partial charge in [0, 0.05) is 24.4 Å². The second-order valence-corrected chi connectivity index (χ2v) is 5.62. The number of hydrogen-bond acceptors (Lipinski definition) is 3. The molecule has 0 rings (SSSR count). The average Bonchev–Trinajstić information content (AvgIpc) is 2.16. The summed E-state index contributed by atoms with van der Waals surface area (Å²) in [4.78, 5) is 0. The fourth-order valence-corrected chi connectivity index (χ4v) is 1.20. The molecule has 0 aromatic carbocycles. The molecule has 0 saturated heterocycles. The molecule has 0 aromatic heterocycles. The van der Waals surface area contributed by atoms with Gasteiger partial charge in [-0.1, -0.05) is 13.3 Å². The largest absolute Gasteiger partial charge is 0.380 e. The van der Waals surface area contributed by atoms with Gasteiger partial charge in [-0.25, -0.2) is 0 Å². The van der Waals surface area contributed by atoms with Gasteiger partial charge in [-0.3, -0.25) is 0 Å². The first kappa shape index (κ1) is 14.3. The second-order valence-electron chi connectivity index (χ2n) is 4.11. The smallest absolute Gasteiger partial charge is 0.0590 e. The van der Waals surface area contributed by atoms with Crippen molar-refractivity contribution < 1.29 is 4.74 Å². The number of rotatable bonds is 9. The molecular weight excluding hydrogens is 194 g/mol. The van der Waals surface area contributed by atoms with E-state index in [2.05, 4.69) is 32.3 Å². The molecule has 0 aliphatic rings. The van der Waals surface area contributed by atoms with E-state index in [1.165, 1.54) is 12.8 Å². The van der Waals surface area contributed by atoms with E-state index >= 15 is 0 Å². The lowest BCUT2D eigenvalue weighted by Gasteiger charge is -2.22. The van der Waals surface area contributed by atoms with Crippen molar-refractivity contribution in [3.8, 4) is 0 Å². The van der Waals surface area contributed by atoms with Gasteiger partial charge in [0.15, 0.2) is 0 Å². The Balaban J connectivity index is 3.13. The zero-order valence-corrected chi connectivity index (χ0v) is 10.9. The Morgan fingerprint density at radius 2 is 2.00 bits per heavy atom. The van der Waals surface area contributed by atoms with Crippen LogP contribution in [-0.4, -0.2) is 37.3 Å². The van der Waals surface area contributed by atoms with Crippen LogP contribution in [0.25, 0.3) is 0 Å². The number of unbranched alkanes of at least 4 members (excludes halogenated alkanes) is 1. The molecule has 0 aliphatic carbocycles. The minimum atomic E-state index is 0.337. The van der Waals surface area contributed by atoms with Crippen LogP contribution in [0, 0.1) is 0 Å². The summed E-state index contributed by atoms with van der Waals surface area (Å²) in [6.45, 7) is 10.4. The van der Waals surface area contributed by atoms with Gasteiger partial charge in [0.25, 0.3) is 0 Å². The highest BCUT2D eigenvalue weighted by Gasteiger charge is 2.14. The minimum Gasteiger partial charge on any atom is -0.380 e. The molecule has 2 nitrogen and oxygen atoms in total. The second kappa shape index (κ2) is 8.57. The Kier molecular flexibility index (Phi) is 8.73. The van der Waals surface area contributed by atoms with Gasteiger partial charge in [0.2, 0.25) is 0 Å². The van der Waals surface area contributed by atoms with Crippen LogP contribution in [0.4, 0.5) is 0 Å². The summed E-state index contributed by atoms with van der Waals surface area (Å²) in [5.74, 6) is 0. The van der Waals surface area contributed by atoms with Gasteiger partial charge in [-0.2, -0.15) is 11.8 Å². The summed E-state index contributed by atoms with van der Waals surface area (Å²) < 4.78 is 5.79. The van der Waals surface area contributed by atoms with Gasteiger partial charge >= 0.3 is 0 Å². The lowest BCUT2D eigenvalue weighted by Crippen LogP contribution is -2.33. The Bertz CT molecular complexity index is 128. The van der Waals surface area contributed by atoms with E-state index in [9.17, 15) is 0 Å². The quantitative estimate of drug-likeness (QED) is 0.602. The van der Waals surface area contributed by atoms with Crippen molar-refractivity contribution >= 4 is 11.8 Å². The van der Waals surface area contributed by atoms with Crippen molar-refractivity contribution in [1.82, 2.24) is 5.32 Å². The SMILES string of the molecule is CCCCOCCNCC(C)(C)SC. The molecule has 0 radical (unpaired) electrons. The Labute approximate surface area is 93.2 Å². The third-order valence-corrected chi connectivity index (χ3v) is 3.42. The highest BCUT2D eigenvalue weighted by molar-refractivity contribution is 7.99. The first-order valence-electron chi connectivity index (χ1n) is 5.46. The lowest BCUT2D eigenvalue weighted by atomic mass is 10.2. The highest BCUT2D eigenvalue weighted by atomic mass is 32.2. The van der Waals surface area contributed by atoms with Crippen LogP contribution in [0.3, 0.4) is 0 Å². The molecule has 1 N–H and O–H groups in total. The molecule has 14 heavy (non-hydrogen) atoms. The number of ether oxygens (including phenoxy) is 1. The molecule has 0 saturated carbocycles.